The van der Waals surface area contributed by atoms with Crippen LogP contribution in [0.1, 0.15) is 63.8 Å². The first-order chi connectivity index (χ1) is 17.3. The number of rotatable bonds is 6. The van der Waals surface area contributed by atoms with Crippen molar-refractivity contribution in [3.05, 3.63) is 59.3 Å². The molecule has 2 heterocycles. The highest BCUT2D eigenvalue weighted by Crippen LogP contribution is 2.35. The number of nitrogens with zero attached hydrogens (tertiary/aromatic N) is 3. The number of likely N-dealkylation sites (tertiary alicyclic amines) is 1. The normalized spacial score (nSPS) is 14.8. The van der Waals surface area contributed by atoms with Gasteiger partial charge in [-0.15, -0.1) is 0 Å². The number of benzene rings is 2. The van der Waals surface area contributed by atoms with Crippen molar-refractivity contribution in [2.75, 3.05) is 13.1 Å². The Labute approximate surface area is 212 Å². The number of ether oxygens (including phenoxy) is 2. The smallest absolute Gasteiger partial charge is 0.410 e. The summed E-state index contributed by atoms with van der Waals surface area (Å²) in [5, 5.41) is 14.4. The van der Waals surface area contributed by atoms with Crippen LogP contribution in [0.2, 0.25) is 0 Å². The largest absolute Gasteiger partial charge is 0.457 e. The second kappa shape index (κ2) is 10.9. The summed E-state index contributed by atoms with van der Waals surface area (Å²) in [5.41, 5.74) is 2.59. The number of carbonyl (C=O) groups is 1. The average Bonchev–Trinajstić information content (AvgIpc) is 3.27. The van der Waals surface area contributed by atoms with Crippen LogP contribution in [0.4, 0.5) is 4.79 Å². The molecule has 3 aromatic rings. The Hall–Kier alpha value is -3.79. The first kappa shape index (κ1) is 25.3. The number of piperidine rings is 1. The van der Waals surface area contributed by atoms with Gasteiger partial charge in [-0.25, -0.2) is 4.79 Å². The zero-order valence-corrected chi connectivity index (χ0v) is 21.4. The lowest BCUT2D eigenvalue weighted by molar-refractivity contribution is 0.0181. The molecule has 1 fully saturated rings. The maximum Gasteiger partial charge on any atom is 0.410 e. The minimum Gasteiger partial charge on any atom is -0.457 e. The van der Waals surface area contributed by atoms with Crippen LogP contribution >= 0.6 is 0 Å². The molecule has 36 heavy (non-hydrogen) atoms. The second-order valence-electron chi connectivity index (χ2n) is 10.2. The predicted octanol–water partition coefficient (Wildman–Crippen LogP) is 7.10. The third-order valence-electron chi connectivity index (χ3n) is 6.31. The van der Waals surface area contributed by atoms with Crippen LogP contribution in [-0.4, -0.2) is 34.8 Å². The van der Waals surface area contributed by atoms with Gasteiger partial charge in [0.2, 0.25) is 0 Å². The number of aromatic nitrogens is 1. The van der Waals surface area contributed by atoms with E-state index in [4.69, 9.17) is 19.3 Å². The first-order valence-electron chi connectivity index (χ1n) is 12.5. The lowest BCUT2D eigenvalue weighted by atomic mass is 9.91. The van der Waals surface area contributed by atoms with E-state index in [0.717, 1.165) is 55.4 Å². The van der Waals surface area contributed by atoms with E-state index in [-0.39, 0.29) is 6.09 Å². The number of hydrogen-bond donors (Lipinski definition) is 0. The van der Waals surface area contributed by atoms with Crippen LogP contribution < -0.4 is 4.74 Å². The minimum absolute atomic E-state index is 0.223. The molecule has 1 aliphatic heterocycles. The summed E-state index contributed by atoms with van der Waals surface area (Å²) < 4.78 is 17.4. The number of hydrogen-bond acceptors (Lipinski definition) is 6. The van der Waals surface area contributed by atoms with Crippen LogP contribution in [0.15, 0.2) is 47.0 Å². The maximum atomic E-state index is 12.3. The summed E-state index contributed by atoms with van der Waals surface area (Å²) in [4.78, 5) is 14.1. The number of allylic oxidation sites excluding steroid dienone is 1. The van der Waals surface area contributed by atoms with Gasteiger partial charge in [0.1, 0.15) is 17.1 Å². The van der Waals surface area contributed by atoms with Crippen molar-refractivity contribution < 1.29 is 18.8 Å². The third-order valence-corrected chi connectivity index (χ3v) is 6.31. The third kappa shape index (κ3) is 6.06. The van der Waals surface area contributed by atoms with Gasteiger partial charge < -0.3 is 18.9 Å². The van der Waals surface area contributed by atoms with Gasteiger partial charge in [-0.2, -0.15) is 5.26 Å². The molecular formula is C29H33N3O4. The molecule has 0 aliphatic carbocycles. The predicted molar refractivity (Wildman–Crippen MR) is 139 cm³/mol. The first-order valence-corrected chi connectivity index (χ1v) is 12.5. The van der Waals surface area contributed by atoms with Crippen LogP contribution in [0, 0.1) is 17.2 Å². The molecule has 1 amide bonds. The Morgan fingerprint density at radius 3 is 2.56 bits per heavy atom. The average molecular weight is 488 g/mol. The quantitative estimate of drug-likeness (QED) is 0.368. The highest BCUT2D eigenvalue weighted by Gasteiger charge is 2.27. The number of aryl methyl sites for hydroxylation is 1. The Morgan fingerprint density at radius 1 is 1.19 bits per heavy atom. The van der Waals surface area contributed by atoms with Gasteiger partial charge in [0.05, 0.1) is 22.9 Å². The SMILES string of the molecule is C/C=C\c1c(Oc2ccc(C#N)cc2)ccc2c(CCC3CCN(C(=O)OC(C)(C)C)CC3)noc12. The van der Waals surface area contributed by atoms with Crippen LogP contribution in [0.3, 0.4) is 0 Å². The molecule has 7 nitrogen and oxygen atoms in total. The molecule has 0 radical (unpaired) electrons. The van der Waals surface area contributed by atoms with Crippen molar-refractivity contribution in [2.45, 2.75) is 59.0 Å². The van der Waals surface area contributed by atoms with Crippen molar-refractivity contribution in [1.29, 1.82) is 5.26 Å². The Morgan fingerprint density at radius 2 is 1.92 bits per heavy atom. The molecule has 1 aromatic heterocycles. The lowest BCUT2D eigenvalue weighted by Gasteiger charge is -2.33. The van der Waals surface area contributed by atoms with Crippen molar-refractivity contribution in [1.82, 2.24) is 10.1 Å². The van der Waals surface area contributed by atoms with Gasteiger partial charge in [-0.3, -0.25) is 0 Å². The zero-order valence-electron chi connectivity index (χ0n) is 21.4. The monoisotopic (exact) mass is 487 g/mol. The Bertz CT molecular complexity index is 1270. The van der Waals surface area contributed by atoms with Crippen LogP contribution in [-0.2, 0) is 11.2 Å². The van der Waals surface area contributed by atoms with E-state index in [0.29, 0.717) is 28.6 Å². The molecular weight excluding hydrogens is 454 g/mol. The van der Waals surface area contributed by atoms with Gasteiger partial charge in [0.15, 0.2) is 5.58 Å². The topological polar surface area (TPSA) is 88.6 Å². The van der Waals surface area contributed by atoms with E-state index in [1.807, 2.05) is 56.9 Å². The standard InChI is InChI=1S/C29H33N3O4/c1-5-6-24-26(34-22-10-7-21(19-30)8-11-22)14-12-23-25(31-36-27(23)24)13-9-20-15-17-32(18-16-20)28(33)35-29(2,3)4/h5-8,10-12,14,20H,9,13,15-18H2,1-4H3/b6-5-. The molecule has 2 aromatic carbocycles. The number of carbonyl (C=O) groups excluding carboxylic acids is 1. The minimum atomic E-state index is -0.472. The van der Waals surface area contributed by atoms with Crippen molar-refractivity contribution in [3.63, 3.8) is 0 Å². The van der Waals surface area contributed by atoms with Crippen molar-refractivity contribution in [3.8, 4) is 17.6 Å². The van der Waals surface area contributed by atoms with Crippen LogP contribution in [0.5, 0.6) is 11.5 Å². The molecule has 0 bridgehead atoms. The Balaban J connectivity index is 1.42. The summed E-state index contributed by atoms with van der Waals surface area (Å²) >= 11 is 0. The van der Waals surface area contributed by atoms with E-state index in [1.165, 1.54) is 0 Å². The Kier molecular flexibility index (Phi) is 7.64. The number of fused-ring (bicyclic) bond motifs is 1. The van der Waals surface area contributed by atoms with E-state index in [2.05, 4.69) is 11.2 Å². The molecule has 0 N–H and O–H groups in total. The van der Waals surface area contributed by atoms with Gasteiger partial charge in [-0.1, -0.05) is 17.3 Å². The fourth-order valence-electron chi connectivity index (χ4n) is 4.45. The molecule has 7 heteroatoms. The van der Waals surface area contributed by atoms with Gasteiger partial charge in [0, 0.05) is 18.5 Å². The van der Waals surface area contributed by atoms with Crippen LogP contribution in [0.25, 0.3) is 17.0 Å². The molecule has 188 valence electrons. The fraction of sp³-hybridized carbons (Fsp3) is 0.414. The molecule has 1 saturated heterocycles. The second-order valence-corrected chi connectivity index (χ2v) is 10.2. The van der Waals surface area contributed by atoms with E-state index >= 15 is 0 Å². The number of amides is 1. The summed E-state index contributed by atoms with van der Waals surface area (Å²) in [6.45, 7) is 9.07. The van der Waals surface area contributed by atoms with E-state index < -0.39 is 5.60 Å². The molecule has 4 rings (SSSR count). The van der Waals surface area contributed by atoms with Crippen molar-refractivity contribution in [2.24, 2.45) is 5.92 Å². The molecule has 0 spiro atoms. The highest BCUT2D eigenvalue weighted by molar-refractivity contribution is 5.90. The molecule has 1 aliphatic rings. The summed E-state index contributed by atoms with van der Waals surface area (Å²) in [6, 6.07) is 13.1. The number of nitriles is 1. The zero-order chi connectivity index (χ0) is 25.7. The highest BCUT2D eigenvalue weighted by atomic mass is 16.6. The molecule has 0 unspecified atom stereocenters. The summed E-state index contributed by atoms with van der Waals surface area (Å²) in [6.07, 6.45) is 7.41. The van der Waals surface area contributed by atoms with Gasteiger partial charge in [-0.05, 0) is 95.7 Å². The lowest BCUT2D eigenvalue weighted by Crippen LogP contribution is -2.41. The fourth-order valence-corrected chi connectivity index (χ4v) is 4.45. The summed E-state index contributed by atoms with van der Waals surface area (Å²) in [5.74, 6) is 1.85. The van der Waals surface area contributed by atoms with E-state index in [9.17, 15) is 4.79 Å². The van der Waals surface area contributed by atoms with Gasteiger partial charge in [0.25, 0.3) is 0 Å². The van der Waals surface area contributed by atoms with E-state index in [1.54, 1.807) is 24.3 Å². The molecule has 0 atom stereocenters. The van der Waals surface area contributed by atoms with Crippen molar-refractivity contribution >= 4 is 23.1 Å². The maximum absolute atomic E-state index is 12.3. The molecule has 0 saturated carbocycles. The van der Waals surface area contributed by atoms with Gasteiger partial charge >= 0.3 is 6.09 Å². The summed E-state index contributed by atoms with van der Waals surface area (Å²) in [7, 11) is 0.